The van der Waals surface area contributed by atoms with Gasteiger partial charge in [-0.3, -0.25) is 0 Å². The molecule has 0 aliphatic heterocycles. The van der Waals surface area contributed by atoms with Crippen LogP contribution < -0.4 is 11.1 Å². The summed E-state index contributed by atoms with van der Waals surface area (Å²) in [5.74, 6) is 0. The summed E-state index contributed by atoms with van der Waals surface area (Å²) < 4.78 is 0.942. The van der Waals surface area contributed by atoms with Gasteiger partial charge in [0.15, 0.2) is 0 Å². The monoisotopic (exact) mass is 344 g/mol. The number of hydrogen-bond donors (Lipinski definition) is 2. The van der Waals surface area contributed by atoms with Gasteiger partial charge in [0.25, 0.3) is 0 Å². The van der Waals surface area contributed by atoms with Crippen LogP contribution in [0.3, 0.4) is 0 Å². The zero-order valence-electron chi connectivity index (χ0n) is 9.60. The lowest BCUT2D eigenvalue weighted by Crippen LogP contribution is -1.95. The van der Waals surface area contributed by atoms with Crippen molar-refractivity contribution in [2.45, 2.75) is 6.92 Å². The van der Waals surface area contributed by atoms with E-state index in [0.717, 1.165) is 15.7 Å². The number of rotatable bonds is 2. The third kappa shape index (κ3) is 2.91. The fourth-order valence-corrected chi connectivity index (χ4v) is 2.53. The van der Waals surface area contributed by atoms with Gasteiger partial charge < -0.3 is 11.1 Å². The Morgan fingerprint density at radius 1 is 1.11 bits per heavy atom. The van der Waals surface area contributed by atoms with E-state index in [1.165, 1.54) is 0 Å². The Balaban J connectivity index is 2.43. The van der Waals surface area contributed by atoms with Gasteiger partial charge in [0, 0.05) is 10.2 Å². The van der Waals surface area contributed by atoms with Gasteiger partial charge in [0.1, 0.15) is 0 Å². The van der Waals surface area contributed by atoms with Crippen LogP contribution in [0.2, 0.25) is 10.0 Å². The van der Waals surface area contributed by atoms with Crippen molar-refractivity contribution in [2.24, 2.45) is 0 Å². The lowest BCUT2D eigenvalue weighted by molar-refractivity contribution is 1.43. The topological polar surface area (TPSA) is 38.0 Å². The van der Waals surface area contributed by atoms with Gasteiger partial charge in [0.2, 0.25) is 0 Å². The van der Waals surface area contributed by atoms with E-state index in [2.05, 4.69) is 21.2 Å². The zero-order chi connectivity index (χ0) is 13.3. The maximum absolute atomic E-state index is 6.13. The molecule has 0 saturated heterocycles. The maximum atomic E-state index is 6.13. The van der Waals surface area contributed by atoms with Gasteiger partial charge in [-0.2, -0.15) is 0 Å². The van der Waals surface area contributed by atoms with Crippen molar-refractivity contribution in [1.29, 1.82) is 0 Å². The number of benzene rings is 2. The third-order valence-corrected chi connectivity index (χ3v) is 3.73. The Morgan fingerprint density at radius 3 is 2.33 bits per heavy atom. The molecule has 0 fully saturated rings. The fourth-order valence-electron chi connectivity index (χ4n) is 1.58. The van der Waals surface area contributed by atoms with Gasteiger partial charge in [-0.05, 0) is 52.7 Å². The molecule has 2 nitrogen and oxygen atoms in total. The summed E-state index contributed by atoms with van der Waals surface area (Å²) in [5.41, 5.74) is 8.91. The summed E-state index contributed by atoms with van der Waals surface area (Å²) in [7, 11) is 0. The van der Waals surface area contributed by atoms with Crippen LogP contribution in [0.4, 0.5) is 17.1 Å². The van der Waals surface area contributed by atoms with Crippen molar-refractivity contribution in [3.8, 4) is 0 Å². The van der Waals surface area contributed by atoms with Crippen molar-refractivity contribution in [3.05, 3.63) is 50.4 Å². The van der Waals surface area contributed by atoms with Crippen LogP contribution >= 0.6 is 39.1 Å². The predicted molar refractivity (Wildman–Crippen MR) is 83.0 cm³/mol. The molecule has 2 aromatic rings. The first-order chi connectivity index (χ1) is 8.47. The summed E-state index contributed by atoms with van der Waals surface area (Å²) in [6, 6.07) is 9.32. The second kappa shape index (κ2) is 5.39. The van der Waals surface area contributed by atoms with Crippen LogP contribution in [0.5, 0.6) is 0 Å². The molecule has 0 bridgehead atoms. The zero-order valence-corrected chi connectivity index (χ0v) is 12.7. The van der Waals surface area contributed by atoms with Crippen molar-refractivity contribution in [1.82, 2.24) is 0 Å². The minimum absolute atomic E-state index is 0.494. The van der Waals surface area contributed by atoms with E-state index in [-0.39, 0.29) is 0 Å². The summed E-state index contributed by atoms with van der Waals surface area (Å²) in [6.45, 7) is 2.02. The average Bonchev–Trinajstić information content (AvgIpc) is 2.28. The van der Waals surface area contributed by atoms with Gasteiger partial charge in [-0.1, -0.05) is 29.3 Å². The predicted octanol–water partition coefficient (Wildman–Crippen LogP) is 5.39. The average molecular weight is 346 g/mol. The summed E-state index contributed by atoms with van der Waals surface area (Å²) >= 11 is 15.7. The molecule has 0 aromatic heterocycles. The Labute approximate surface area is 124 Å². The molecule has 0 aliphatic rings. The Bertz CT molecular complexity index is 577. The molecule has 0 amide bonds. The minimum atomic E-state index is 0.494. The molecular formula is C13H11BrCl2N2. The molecule has 0 saturated carbocycles. The van der Waals surface area contributed by atoms with Gasteiger partial charge in [0.05, 0.1) is 21.4 Å². The van der Waals surface area contributed by atoms with Crippen molar-refractivity contribution in [2.75, 3.05) is 11.1 Å². The standard InChI is InChI=1S/C13H11BrCl2N2/c1-7-2-3-9(14)12(4-7)18-13-10(15)5-8(17)6-11(13)16/h2-6,18H,17H2,1H3. The lowest BCUT2D eigenvalue weighted by Gasteiger charge is -2.13. The molecular weight excluding hydrogens is 335 g/mol. The second-order valence-electron chi connectivity index (χ2n) is 3.97. The van der Waals surface area contributed by atoms with Crippen LogP contribution in [0.15, 0.2) is 34.8 Å². The van der Waals surface area contributed by atoms with Crippen molar-refractivity contribution in [3.63, 3.8) is 0 Å². The minimum Gasteiger partial charge on any atom is -0.399 e. The van der Waals surface area contributed by atoms with Crippen molar-refractivity contribution >= 4 is 56.2 Å². The van der Waals surface area contributed by atoms with Crippen LogP contribution in [0, 0.1) is 6.92 Å². The van der Waals surface area contributed by atoms with E-state index in [0.29, 0.717) is 21.4 Å². The first-order valence-electron chi connectivity index (χ1n) is 5.25. The Kier molecular flexibility index (Phi) is 4.05. The van der Waals surface area contributed by atoms with Gasteiger partial charge in [-0.15, -0.1) is 0 Å². The highest BCUT2D eigenvalue weighted by atomic mass is 79.9. The van der Waals surface area contributed by atoms with Crippen LogP contribution in [-0.2, 0) is 0 Å². The number of nitrogens with one attached hydrogen (secondary N) is 1. The summed E-state index contributed by atoms with van der Waals surface area (Å²) in [5, 5.41) is 4.20. The van der Waals surface area contributed by atoms with E-state index in [4.69, 9.17) is 28.9 Å². The molecule has 94 valence electrons. The number of halogens is 3. The van der Waals surface area contributed by atoms with E-state index in [1.54, 1.807) is 12.1 Å². The molecule has 0 atom stereocenters. The van der Waals surface area contributed by atoms with E-state index in [9.17, 15) is 0 Å². The quantitative estimate of drug-likeness (QED) is 0.716. The molecule has 2 aromatic carbocycles. The molecule has 0 radical (unpaired) electrons. The highest BCUT2D eigenvalue weighted by molar-refractivity contribution is 9.10. The first-order valence-corrected chi connectivity index (χ1v) is 6.80. The molecule has 0 spiro atoms. The van der Waals surface area contributed by atoms with Crippen molar-refractivity contribution < 1.29 is 0 Å². The van der Waals surface area contributed by atoms with E-state index < -0.39 is 0 Å². The maximum Gasteiger partial charge on any atom is 0.0764 e. The van der Waals surface area contributed by atoms with E-state index in [1.807, 2.05) is 25.1 Å². The van der Waals surface area contributed by atoms with Gasteiger partial charge in [-0.25, -0.2) is 0 Å². The molecule has 18 heavy (non-hydrogen) atoms. The number of nitrogens with two attached hydrogens (primary N) is 1. The number of nitrogen functional groups attached to an aromatic ring is 1. The highest BCUT2D eigenvalue weighted by Gasteiger charge is 2.09. The Morgan fingerprint density at radius 2 is 1.72 bits per heavy atom. The number of hydrogen-bond acceptors (Lipinski definition) is 2. The fraction of sp³-hybridized carbons (Fsp3) is 0.0769. The second-order valence-corrected chi connectivity index (χ2v) is 5.64. The molecule has 0 aliphatic carbocycles. The summed E-state index contributed by atoms with van der Waals surface area (Å²) in [6.07, 6.45) is 0. The largest absolute Gasteiger partial charge is 0.399 e. The third-order valence-electron chi connectivity index (χ3n) is 2.45. The first kappa shape index (κ1) is 13.5. The molecule has 5 heteroatoms. The van der Waals surface area contributed by atoms with Crippen LogP contribution in [-0.4, -0.2) is 0 Å². The highest BCUT2D eigenvalue weighted by Crippen LogP contribution is 2.37. The number of anilines is 3. The molecule has 0 heterocycles. The smallest absolute Gasteiger partial charge is 0.0764 e. The normalized spacial score (nSPS) is 10.4. The molecule has 0 unspecified atom stereocenters. The Hall–Kier alpha value is -0.900. The van der Waals surface area contributed by atoms with E-state index >= 15 is 0 Å². The van der Waals surface area contributed by atoms with Gasteiger partial charge >= 0.3 is 0 Å². The lowest BCUT2D eigenvalue weighted by atomic mass is 10.2. The number of aryl methyl sites for hydroxylation is 1. The molecule has 3 N–H and O–H groups in total. The summed E-state index contributed by atoms with van der Waals surface area (Å²) in [4.78, 5) is 0. The SMILES string of the molecule is Cc1ccc(Br)c(Nc2c(Cl)cc(N)cc2Cl)c1. The molecule has 2 rings (SSSR count). The van der Waals surface area contributed by atoms with Crippen LogP contribution in [0.1, 0.15) is 5.56 Å². The van der Waals surface area contributed by atoms with Crippen LogP contribution in [0.25, 0.3) is 0 Å².